The third kappa shape index (κ3) is 3.26. The van der Waals surface area contributed by atoms with Gasteiger partial charge in [-0.2, -0.15) is 0 Å². The first kappa shape index (κ1) is 14.3. The van der Waals surface area contributed by atoms with E-state index in [4.69, 9.17) is 0 Å². The van der Waals surface area contributed by atoms with E-state index in [2.05, 4.69) is 78.4 Å². The first-order chi connectivity index (χ1) is 9.01. The number of benzene rings is 2. The van der Waals surface area contributed by atoms with E-state index in [1.54, 1.807) is 0 Å². The Morgan fingerprint density at radius 3 is 2.05 bits per heavy atom. The summed E-state index contributed by atoms with van der Waals surface area (Å²) < 4.78 is 1.16. The maximum atomic E-state index is 3.68. The number of hydrogen-bond acceptors (Lipinski definition) is 1. The number of rotatable bonds is 3. The van der Waals surface area contributed by atoms with Crippen LogP contribution >= 0.6 is 15.9 Å². The average molecular weight is 318 g/mol. The fourth-order valence-corrected chi connectivity index (χ4v) is 3.27. The molecule has 1 unspecified atom stereocenters. The molecular weight excluding hydrogens is 298 g/mol. The first-order valence-electron chi connectivity index (χ1n) is 6.53. The van der Waals surface area contributed by atoms with Crippen molar-refractivity contribution >= 4 is 15.9 Å². The Bertz CT molecular complexity index is 570. The molecule has 0 aromatic heterocycles. The van der Waals surface area contributed by atoms with Crippen molar-refractivity contribution in [3.8, 4) is 0 Å². The lowest BCUT2D eigenvalue weighted by atomic mass is 9.95. The van der Waals surface area contributed by atoms with E-state index < -0.39 is 0 Å². The standard InChI is InChI=1S/C17H20BrN/c1-11-5-6-15(16(18)10-11)17(19-4)14-8-12(2)7-13(3)9-14/h5-10,17,19H,1-4H3. The van der Waals surface area contributed by atoms with Crippen LogP contribution in [0, 0.1) is 20.8 Å². The van der Waals surface area contributed by atoms with Crippen molar-refractivity contribution in [2.24, 2.45) is 0 Å². The van der Waals surface area contributed by atoms with E-state index in [0.29, 0.717) is 0 Å². The Balaban J connectivity index is 2.49. The lowest BCUT2D eigenvalue weighted by Crippen LogP contribution is -2.18. The molecule has 1 N–H and O–H groups in total. The van der Waals surface area contributed by atoms with Crippen molar-refractivity contribution in [1.82, 2.24) is 5.32 Å². The van der Waals surface area contributed by atoms with Gasteiger partial charge in [-0.15, -0.1) is 0 Å². The number of hydrogen-bond donors (Lipinski definition) is 1. The highest BCUT2D eigenvalue weighted by Gasteiger charge is 2.15. The molecule has 0 radical (unpaired) electrons. The summed E-state index contributed by atoms with van der Waals surface area (Å²) in [7, 11) is 2.01. The molecule has 1 nitrogen and oxygen atoms in total. The quantitative estimate of drug-likeness (QED) is 0.866. The Morgan fingerprint density at radius 1 is 0.895 bits per heavy atom. The minimum absolute atomic E-state index is 0.216. The summed E-state index contributed by atoms with van der Waals surface area (Å²) in [5.41, 5.74) is 6.46. The van der Waals surface area contributed by atoms with Crippen molar-refractivity contribution in [3.05, 3.63) is 68.7 Å². The summed E-state index contributed by atoms with van der Waals surface area (Å²) in [6, 6.07) is 13.4. The molecule has 2 rings (SSSR count). The van der Waals surface area contributed by atoms with E-state index in [-0.39, 0.29) is 6.04 Å². The van der Waals surface area contributed by atoms with Gasteiger partial charge in [0.15, 0.2) is 0 Å². The van der Waals surface area contributed by atoms with Crippen molar-refractivity contribution in [1.29, 1.82) is 0 Å². The molecule has 1 atom stereocenters. The zero-order valence-corrected chi connectivity index (χ0v) is 13.5. The molecular formula is C17H20BrN. The fourth-order valence-electron chi connectivity index (χ4n) is 2.54. The second-order valence-electron chi connectivity index (χ2n) is 5.17. The molecule has 0 bridgehead atoms. The van der Waals surface area contributed by atoms with E-state index in [1.807, 2.05) is 7.05 Å². The predicted octanol–water partition coefficient (Wildman–Crippen LogP) is 4.68. The highest BCUT2D eigenvalue weighted by Crippen LogP contribution is 2.30. The van der Waals surface area contributed by atoms with Gasteiger partial charge in [0.25, 0.3) is 0 Å². The lowest BCUT2D eigenvalue weighted by molar-refractivity contribution is 0.687. The maximum absolute atomic E-state index is 3.68. The molecule has 19 heavy (non-hydrogen) atoms. The van der Waals surface area contributed by atoms with Crippen molar-refractivity contribution in [3.63, 3.8) is 0 Å². The molecule has 2 aromatic carbocycles. The highest BCUT2D eigenvalue weighted by atomic mass is 79.9. The molecule has 0 aliphatic carbocycles. The Morgan fingerprint density at radius 2 is 1.53 bits per heavy atom. The zero-order valence-electron chi connectivity index (χ0n) is 11.9. The minimum atomic E-state index is 0.216. The van der Waals surface area contributed by atoms with Gasteiger partial charge in [0.1, 0.15) is 0 Å². The van der Waals surface area contributed by atoms with Crippen LogP contribution in [0.3, 0.4) is 0 Å². The fraction of sp³-hybridized carbons (Fsp3) is 0.294. The molecule has 0 aliphatic heterocycles. The normalized spacial score (nSPS) is 12.5. The van der Waals surface area contributed by atoms with Crippen LogP contribution in [-0.4, -0.2) is 7.05 Å². The topological polar surface area (TPSA) is 12.0 Å². The number of aryl methyl sites for hydroxylation is 3. The van der Waals surface area contributed by atoms with Crippen molar-refractivity contribution in [2.75, 3.05) is 7.05 Å². The highest BCUT2D eigenvalue weighted by molar-refractivity contribution is 9.10. The van der Waals surface area contributed by atoms with Gasteiger partial charge < -0.3 is 5.32 Å². The van der Waals surface area contributed by atoms with Crippen LogP contribution in [0.15, 0.2) is 40.9 Å². The molecule has 0 amide bonds. The lowest BCUT2D eigenvalue weighted by Gasteiger charge is -2.20. The molecule has 0 saturated heterocycles. The monoisotopic (exact) mass is 317 g/mol. The van der Waals surface area contributed by atoms with Crippen LogP contribution in [0.5, 0.6) is 0 Å². The summed E-state index contributed by atoms with van der Waals surface area (Å²) >= 11 is 3.68. The van der Waals surface area contributed by atoms with Gasteiger partial charge in [0.2, 0.25) is 0 Å². The SMILES string of the molecule is CNC(c1cc(C)cc(C)c1)c1ccc(C)cc1Br. The molecule has 0 aliphatic rings. The summed E-state index contributed by atoms with van der Waals surface area (Å²) in [4.78, 5) is 0. The van der Waals surface area contributed by atoms with E-state index in [1.165, 1.54) is 27.8 Å². The van der Waals surface area contributed by atoms with Crippen molar-refractivity contribution < 1.29 is 0 Å². The Labute approximate surface area is 124 Å². The third-order valence-corrected chi connectivity index (χ3v) is 4.02. The molecule has 0 spiro atoms. The summed E-state index contributed by atoms with van der Waals surface area (Å²) in [6.07, 6.45) is 0. The molecule has 100 valence electrons. The molecule has 2 aromatic rings. The van der Waals surface area contributed by atoms with Gasteiger partial charge in [-0.3, -0.25) is 0 Å². The smallest absolute Gasteiger partial charge is 0.0585 e. The van der Waals surface area contributed by atoms with Gasteiger partial charge in [-0.25, -0.2) is 0 Å². The predicted molar refractivity (Wildman–Crippen MR) is 85.7 cm³/mol. The first-order valence-corrected chi connectivity index (χ1v) is 7.32. The van der Waals surface area contributed by atoms with Crippen LogP contribution in [0.1, 0.15) is 33.9 Å². The van der Waals surface area contributed by atoms with E-state index in [0.717, 1.165) is 4.47 Å². The molecule has 2 heteroatoms. The van der Waals surface area contributed by atoms with Crippen LogP contribution in [0.25, 0.3) is 0 Å². The molecule has 0 heterocycles. The second-order valence-corrected chi connectivity index (χ2v) is 6.02. The van der Waals surface area contributed by atoms with Crippen LogP contribution in [0.4, 0.5) is 0 Å². The van der Waals surface area contributed by atoms with Gasteiger partial charge in [-0.1, -0.05) is 57.4 Å². The van der Waals surface area contributed by atoms with Gasteiger partial charge in [0, 0.05) is 4.47 Å². The van der Waals surface area contributed by atoms with Gasteiger partial charge in [-0.05, 0) is 50.6 Å². The average Bonchev–Trinajstić information content (AvgIpc) is 2.31. The molecule has 0 fully saturated rings. The second kappa shape index (κ2) is 5.89. The summed E-state index contributed by atoms with van der Waals surface area (Å²) in [6.45, 7) is 6.40. The summed E-state index contributed by atoms with van der Waals surface area (Å²) in [5, 5.41) is 3.42. The minimum Gasteiger partial charge on any atom is -0.309 e. The van der Waals surface area contributed by atoms with Gasteiger partial charge in [0.05, 0.1) is 6.04 Å². The third-order valence-electron chi connectivity index (χ3n) is 3.33. The maximum Gasteiger partial charge on any atom is 0.0585 e. The van der Waals surface area contributed by atoms with Crippen LogP contribution < -0.4 is 5.32 Å². The summed E-state index contributed by atoms with van der Waals surface area (Å²) in [5.74, 6) is 0. The Hall–Kier alpha value is -1.12. The molecule has 0 saturated carbocycles. The van der Waals surface area contributed by atoms with Crippen LogP contribution in [0.2, 0.25) is 0 Å². The van der Waals surface area contributed by atoms with E-state index >= 15 is 0 Å². The van der Waals surface area contributed by atoms with E-state index in [9.17, 15) is 0 Å². The van der Waals surface area contributed by atoms with Crippen LogP contribution in [-0.2, 0) is 0 Å². The van der Waals surface area contributed by atoms with Crippen molar-refractivity contribution in [2.45, 2.75) is 26.8 Å². The largest absolute Gasteiger partial charge is 0.309 e. The number of halogens is 1. The zero-order chi connectivity index (χ0) is 14.0. The van der Waals surface area contributed by atoms with Gasteiger partial charge >= 0.3 is 0 Å². The number of nitrogens with one attached hydrogen (secondary N) is 1. The Kier molecular flexibility index (Phi) is 4.43.